The van der Waals surface area contributed by atoms with Gasteiger partial charge in [0.05, 0.1) is 6.10 Å². The van der Waals surface area contributed by atoms with Crippen molar-refractivity contribution in [3.8, 4) is 0 Å². The Kier molecular flexibility index (Phi) is 4.04. The van der Waals surface area contributed by atoms with Crippen LogP contribution >= 0.6 is 0 Å². The number of carbonyl (C=O) groups is 2. The summed E-state index contributed by atoms with van der Waals surface area (Å²) >= 11 is 0. The molecule has 19 heavy (non-hydrogen) atoms. The highest BCUT2D eigenvalue weighted by molar-refractivity contribution is 6.01. The molecule has 0 aromatic carbocycles. The molecule has 5 heteroatoms. The second-order valence-electron chi connectivity index (χ2n) is 4.91. The summed E-state index contributed by atoms with van der Waals surface area (Å²) in [6.07, 6.45) is 1.94. The van der Waals surface area contributed by atoms with Gasteiger partial charge in [-0.2, -0.15) is 0 Å². The molecular weight excluding hydrogens is 246 g/mol. The van der Waals surface area contributed by atoms with E-state index in [0.29, 0.717) is 22.5 Å². The van der Waals surface area contributed by atoms with E-state index >= 15 is 0 Å². The molecule has 104 valence electrons. The van der Waals surface area contributed by atoms with E-state index in [2.05, 4.69) is 4.98 Å². The Hall–Kier alpha value is -1.62. The van der Waals surface area contributed by atoms with Crippen LogP contribution in [-0.2, 0) is 9.47 Å². The first-order chi connectivity index (χ1) is 9.00. The maximum atomic E-state index is 12.0. The summed E-state index contributed by atoms with van der Waals surface area (Å²) in [4.78, 5) is 26.4. The van der Waals surface area contributed by atoms with Crippen LogP contribution < -0.4 is 0 Å². The highest BCUT2D eigenvalue weighted by Gasteiger charge is 2.23. The number of ether oxygens (including phenoxy) is 2. The summed E-state index contributed by atoms with van der Waals surface area (Å²) in [6, 6.07) is 0. The summed E-state index contributed by atoms with van der Waals surface area (Å²) in [5.74, 6) is -0.479. The molecule has 5 nitrogen and oxygen atoms in total. The van der Waals surface area contributed by atoms with Gasteiger partial charge in [0.2, 0.25) is 0 Å². The first-order valence-electron chi connectivity index (χ1n) is 6.49. The fraction of sp³-hybridized carbons (Fsp3) is 0.571. The van der Waals surface area contributed by atoms with Gasteiger partial charge >= 0.3 is 5.97 Å². The van der Waals surface area contributed by atoms with Crippen molar-refractivity contribution in [2.45, 2.75) is 39.7 Å². The number of aryl methyl sites for hydroxylation is 1. The zero-order valence-electron chi connectivity index (χ0n) is 11.5. The number of aromatic amines is 1. The van der Waals surface area contributed by atoms with Crippen molar-refractivity contribution >= 4 is 11.8 Å². The van der Waals surface area contributed by atoms with Crippen LogP contribution in [0.15, 0.2) is 0 Å². The Bertz CT molecular complexity index is 498. The topological polar surface area (TPSA) is 68.4 Å². The second-order valence-corrected chi connectivity index (χ2v) is 4.91. The first kappa shape index (κ1) is 13.8. The Balaban J connectivity index is 2.06. The molecule has 1 aliphatic heterocycles. The summed E-state index contributed by atoms with van der Waals surface area (Å²) in [5.41, 5.74) is 2.29. The van der Waals surface area contributed by atoms with Gasteiger partial charge in [-0.25, -0.2) is 4.79 Å². The van der Waals surface area contributed by atoms with Gasteiger partial charge in [0, 0.05) is 17.9 Å². The number of hydrogen-bond acceptors (Lipinski definition) is 4. The molecule has 1 fully saturated rings. The van der Waals surface area contributed by atoms with Gasteiger partial charge in [-0.1, -0.05) is 0 Å². The van der Waals surface area contributed by atoms with Crippen LogP contribution in [0.5, 0.6) is 0 Å². The minimum Gasteiger partial charge on any atom is -0.458 e. The molecule has 1 aliphatic rings. The van der Waals surface area contributed by atoms with Crippen molar-refractivity contribution in [2.24, 2.45) is 0 Å². The van der Waals surface area contributed by atoms with Crippen LogP contribution in [-0.4, -0.2) is 36.1 Å². The molecule has 1 aromatic rings. The number of ketones is 1. The first-order valence-corrected chi connectivity index (χ1v) is 6.49. The van der Waals surface area contributed by atoms with E-state index in [0.717, 1.165) is 19.4 Å². The Morgan fingerprint density at radius 3 is 2.68 bits per heavy atom. The number of Topliss-reactive ketones (excluding diaryl/α,β-unsaturated/α-hetero) is 1. The number of esters is 1. The van der Waals surface area contributed by atoms with Crippen LogP contribution in [0.25, 0.3) is 0 Å². The molecule has 1 saturated heterocycles. The molecule has 0 amide bonds. The lowest BCUT2D eigenvalue weighted by molar-refractivity contribution is 0.0156. The molecule has 0 aliphatic carbocycles. The van der Waals surface area contributed by atoms with Crippen molar-refractivity contribution in [2.75, 3.05) is 13.2 Å². The van der Waals surface area contributed by atoms with E-state index in [9.17, 15) is 9.59 Å². The molecule has 1 N–H and O–H groups in total. The average Bonchev–Trinajstić information content (AvgIpc) is 2.94. The largest absolute Gasteiger partial charge is 0.458 e. The standard InChI is InChI=1S/C14H19NO4/c1-8-12(10(3)16)9(2)15-13(8)14(17)19-7-11-5-4-6-18-11/h11,15H,4-7H2,1-3H3. The zero-order chi connectivity index (χ0) is 14.0. The van der Waals surface area contributed by atoms with E-state index < -0.39 is 5.97 Å². The van der Waals surface area contributed by atoms with Crippen molar-refractivity contribution in [3.05, 3.63) is 22.5 Å². The summed E-state index contributed by atoms with van der Waals surface area (Å²) in [5, 5.41) is 0. The molecule has 1 aromatic heterocycles. The lowest BCUT2D eigenvalue weighted by atomic mass is 10.1. The average molecular weight is 265 g/mol. The lowest BCUT2D eigenvalue weighted by Crippen LogP contribution is -2.18. The zero-order valence-corrected chi connectivity index (χ0v) is 11.5. The number of carbonyl (C=O) groups excluding carboxylic acids is 2. The normalized spacial score (nSPS) is 18.6. The van der Waals surface area contributed by atoms with Crippen molar-refractivity contribution in [1.82, 2.24) is 4.98 Å². The van der Waals surface area contributed by atoms with Crippen LogP contribution in [0.4, 0.5) is 0 Å². The van der Waals surface area contributed by atoms with Gasteiger partial charge in [-0.05, 0) is 39.2 Å². The fourth-order valence-corrected chi connectivity index (χ4v) is 2.50. The van der Waals surface area contributed by atoms with Crippen LogP contribution in [0.3, 0.4) is 0 Å². The molecule has 0 radical (unpaired) electrons. The molecular formula is C14H19NO4. The van der Waals surface area contributed by atoms with Gasteiger partial charge in [0.25, 0.3) is 0 Å². The Morgan fingerprint density at radius 1 is 1.42 bits per heavy atom. The van der Waals surface area contributed by atoms with E-state index in [4.69, 9.17) is 9.47 Å². The highest BCUT2D eigenvalue weighted by atomic mass is 16.6. The number of rotatable bonds is 4. The molecule has 2 heterocycles. The molecule has 0 saturated carbocycles. The van der Waals surface area contributed by atoms with Gasteiger partial charge in [-0.3, -0.25) is 4.79 Å². The molecule has 1 atom stereocenters. The summed E-state index contributed by atoms with van der Waals surface area (Å²) in [7, 11) is 0. The molecule has 0 bridgehead atoms. The lowest BCUT2D eigenvalue weighted by Gasteiger charge is -2.09. The van der Waals surface area contributed by atoms with Gasteiger partial charge < -0.3 is 14.5 Å². The molecule has 1 unspecified atom stereocenters. The van der Waals surface area contributed by atoms with Gasteiger partial charge in [0.1, 0.15) is 12.3 Å². The van der Waals surface area contributed by atoms with Crippen molar-refractivity contribution in [1.29, 1.82) is 0 Å². The van der Waals surface area contributed by atoms with E-state index in [1.165, 1.54) is 6.92 Å². The number of H-pyrrole nitrogens is 1. The van der Waals surface area contributed by atoms with Crippen molar-refractivity contribution < 1.29 is 19.1 Å². The monoisotopic (exact) mass is 265 g/mol. The fourth-order valence-electron chi connectivity index (χ4n) is 2.50. The predicted octanol–water partition coefficient (Wildman–Crippen LogP) is 2.17. The van der Waals surface area contributed by atoms with E-state index in [1.54, 1.807) is 13.8 Å². The van der Waals surface area contributed by atoms with E-state index in [-0.39, 0.29) is 18.5 Å². The maximum absolute atomic E-state index is 12.0. The SMILES string of the molecule is CC(=O)c1c(C)[nH]c(C(=O)OCC2CCCO2)c1C. The number of nitrogens with one attached hydrogen (secondary N) is 1. The Labute approximate surface area is 112 Å². The predicted molar refractivity (Wildman–Crippen MR) is 69.5 cm³/mol. The number of aromatic nitrogens is 1. The third-order valence-electron chi connectivity index (χ3n) is 3.42. The molecule has 0 spiro atoms. The minimum absolute atomic E-state index is 0.00703. The maximum Gasteiger partial charge on any atom is 0.355 e. The van der Waals surface area contributed by atoms with Crippen LogP contribution in [0.2, 0.25) is 0 Å². The van der Waals surface area contributed by atoms with Gasteiger partial charge in [0.15, 0.2) is 5.78 Å². The van der Waals surface area contributed by atoms with Gasteiger partial charge in [-0.15, -0.1) is 0 Å². The second kappa shape index (κ2) is 5.57. The van der Waals surface area contributed by atoms with E-state index in [1.807, 2.05) is 0 Å². The van der Waals surface area contributed by atoms with Crippen LogP contribution in [0, 0.1) is 13.8 Å². The van der Waals surface area contributed by atoms with Crippen molar-refractivity contribution in [3.63, 3.8) is 0 Å². The summed E-state index contributed by atoms with van der Waals surface area (Å²) in [6.45, 7) is 6.03. The smallest absolute Gasteiger partial charge is 0.355 e. The summed E-state index contributed by atoms with van der Waals surface area (Å²) < 4.78 is 10.6. The van der Waals surface area contributed by atoms with Crippen LogP contribution in [0.1, 0.15) is 51.9 Å². The highest BCUT2D eigenvalue weighted by Crippen LogP contribution is 2.20. The number of hydrogen-bond donors (Lipinski definition) is 1. The minimum atomic E-state index is -0.427. The quantitative estimate of drug-likeness (QED) is 0.669. The Morgan fingerprint density at radius 2 is 2.16 bits per heavy atom. The third kappa shape index (κ3) is 2.87. The molecule has 2 rings (SSSR count). The third-order valence-corrected chi connectivity index (χ3v) is 3.42.